The van der Waals surface area contributed by atoms with E-state index in [-0.39, 0.29) is 0 Å². The van der Waals surface area contributed by atoms with Crippen LogP contribution in [0.2, 0.25) is 0 Å². The minimum Gasteiger partial charge on any atom is -0.370 e. The Bertz CT molecular complexity index is 422. The first-order valence-corrected chi connectivity index (χ1v) is 8.18. The van der Waals surface area contributed by atoms with Gasteiger partial charge in [-0.25, -0.2) is 9.97 Å². The topological polar surface area (TPSA) is 41.1 Å². The predicted molar refractivity (Wildman–Crippen MR) is 83.0 cm³/mol. The van der Waals surface area contributed by atoms with Crippen molar-refractivity contribution < 1.29 is 0 Å². The lowest BCUT2D eigenvalue weighted by atomic mass is 10.1. The lowest BCUT2D eigenvalue weighted by molar-refractivity contribution is 0.264. The smallest absolute Gasteiger partial charge is 0.148 e. The Morgan fingerprint density at radius 2 is 2.26 bits per heavy atom. The molecule has 0 spiro atoms. The lowest BCUT2D eigenvalue weighted by Crippen LogP contribution is -2.34. The first kappa shape index (κ1) is 14.6. The van der Waals surface area contributed by atoms with Gasteiger partial charge in [-0.3, -0.25) is 4.90 Å². The van der Waals surface area contributed by atoms with Crippen molar-refractivity contribution in [2.24, 2.45) is 0 Å². The Hall–Kier alpha value is -0.810. The zero-order valence-corrected chi connectivity index (χ0v) is 13.1. The first-order chi connectivity index (χ1) is 9.11. The number of nitrogens with zero attached hydrogens (tertiary/aromatic N) is 3. The highest BCUT2D eigenvalue weighted by Crippen LogP contribution is 2.28. The average molecular weight is 280 g/mol. The summed E-state index contributed by atoms with van der Waals surface area (Å²) < 4.78 is 0. The zero-order chi connectivity index (χ0) is 13.8. The standard InChI is InChI=1S/C14H24N4S/c1-5-15-13-8-11(10(2)3)16-14(17-13)12-9-19-7-6-18(12)4/h8,10,12H,5-7,9H2,1-4H3,(H,15,16,17). The summed E-state index contributed by atoms with van der Waals surface area (Å²) in [5.74, 6) is 4.65. The second kappa shape index (κ2) is 6.57. The summed E-state index contributed by atoms with van der Waals surface area (Å²) in [4.78, 5) is 11.9. The summed E-state index contributed by atoms with van der Waals surface area (Å²) >= 11 is 1.99. The molecular weight excluding hydrogens is 256 g/mol. The van der Waals surface area contributed by atoms with Crippen molar-refractivity contribution in [3.05, 3.63) is 17.6 Å². The van der Waals surface area contributed by atoms with Gasteiger partial charge in [0.2, 0.25) is 0 Å². The van der Waals surface area contributed by atoms with Crippen molar-refractivity contribution in [1.82, 2.24) is 14.9 Å². The minimum absolute atomic E-state index is 0.342. The number of hydrogen-bond donors (Lipinski definition) is 1. The largest absolute Gasteiger partial charge is 0.370 e. The first-order valence-electron chi connectivity index (χ1n) is 7.02. The fourth-order valence-corrected chi connectivity index (χ4v) is 3.37. The van der Waals surface area contributed by atoms with E-state index in [2.05, 4.69) is 44.1 Å². The maximum atomic E-state index is 4.78. The van der Waals surface area contributed by atoms with E-state index >= 15 is 0 Å². The van der Waals surface area contributed by atoms with E-state index in [4.69, 9.17) is 9.97 Å². The molecule has 0 amide bonds. The molecule has 1 atom stereocenters. The molecule has 2 heterocycles. The van der Waals surface area contributed by atoms with Gasteiger partial charge in [0.05, 0.1) is 6.04 Å². The van der Waals surface area contributed by atoms with Crippen molar-refractivity contribution >= 4 is 17.6 Å². The molecule has 1 saturated heterocycles. The van der Waals surface area contributed by atoms with Gasteiger partial charge in [-0.05, 0) is 19.9 Å². The molecule has 0 saturated carbocycles. The molecule has 1 aliphatic rings. The Kier molecular flexibility index (Phi) is 5.05. The highest BCUT2D eigenvalue weighted by atomic mass is 32.2. The van der Waals surface area contributed by atoms with E-state index in [0.29, 0.717) is 12.0 Å². The van der Waals surface area contributed by atoms with Crippen LogP contribution in [0.1, 0.15) is 44.2 Å². The Morgan fingerprint density at radius 3 is 2.89 bits per heavy atom. The van der Waals surface area contributed by atoms with Gasteiger partial charge < -0.3 is 5.32 Å². The molecule has 0 bridgehead atoms. The SMILES string of the molecule is CCNc1cc(C(C)C)nc(C2CSCCN2C)n1. The maximum Gasteiger partial charge on any atom is 0.148 e. The lowest BCUT2D eigenvalue weighted by Gasteiger charge is -2.31. The molecule has 1 aromatic rings. The van der Waals surface area contributed by atoms with Crippen molar-refractivity contribution in [2.45, 2.75) is 32.7 Å². The molecule has 1 unspecified atom stereocenters. The number of hydrogen-bond acceptors (Lipinski definition) is 5. The molecule has 1 fully saturated rings. The number of thioether (sulfide) groups is 1. The number of rotatable bonds is 4. The second-order valence-corrected chi connectivity index (χ2v) is 6.44. The van der Waals surface area contributed by atoms with Crippen LogP contribution in [0.5, 0.6) is 0 Å². The molecule has 1 aliphatic heterocycles. The molecule has 19 heavy (non-hydrogen) atoms. The molecule has 106 valence electrons. The van der Waals surface area contributed by atoms with Gasteiger partial charge in [0.15, 0.2) is 0 Å². The van der Waals surface area contributed by atoms with Crippen LogP contribution in [-0.2, 0) is 0 Å². The van der Waals surface area contributed by atoms with Crippen LogP contribution in [0.3, 0.4) is 0 Å². The van der Waals surface area contributed by atoms with Crippen LogP contribution in [-0.4, -0.2) is 46.5 Å². The normalized spacial score (nSPS) is 20.8. The Morgan fingerprint density at radius 1 is 1.47 bits per heavy atom. The molecule has 1 aromatic heterocycles. The van der Waals surface area contributed by atoms with Gasteiger partial charge in [-0.1, -0.05) is 13.8 Å². The minimum atomic E-state index is 0.342. The molecular formula is C14H24N4S. The summed E-state index contributed by atoms with van der Waals surface area (Å²) in [5, 5.41) is 3.32. The maximum absolute atomic E-state index is 4.78. The highest BCUT2D eigenvalue weighted by Gasteiger charge is 2.24. The van der Waals surface area contributed by atoms with Gasteiger partial charge in [-0.15, -0.1) is 0 Å². The third-order valence-electron chi connectivity index (χ3n) is 3.41. The van der Waals surface area contributed by atoms with E-state index in [1.165, 1.54) is 5.75 Å². The highest BCUT2D eigenvalue weighted by molar-refractivity contribution is 7.99. The summed E-state index contributed by atoms with van der Waals surface area (Å²) in [6.45, 7) is 8.46. The van der Waals surface area contributed by atoms with Gasteiger partial charge in [0, 0.05) is 36.4 Å². The molecule has 0 radical (unpaired) electrons. The van der Waals surface area contributed by atoms with Crippen molar-refractivity contribution in [1.29, 1.82) is 0 Å². The summed E-state index contributed by atoms with van der Waals surface area (Å²) in [6, 6.07) is 2.42. The van der Waals surface area contributed by atoms with E-state index in [0.717, 1.165) is 36.2 Å². The molecule has 0 aliphatic carbocycles. The van der Waals surface area contributed by atoms with Gasteiger partial charge in [0.25, 0.3) is 0 Å². The molecule has 4 nitrogen and oxygen atoms in total. The fourth-order valence-electron chi connectivity index (χ4n) is 2.16. The molecule has 2 rings (SSSR count). The molecule has 0 aromatic carbocycles. The monoisotopic (exact) mass is 280 g/mol. The molecule has 5 heteroatoms. The van der Waals surface area contributed by atoms with E-state index < -0.39 is 0 Å². The van der Waals surface area contributed by atoms with E-state index in [1.54, 1.807) is 0 Å². The third-order valence-corrected chi connectivity index (χ3v) is 4.43. The van der Waals surface area contributed by atoms with Crippen LogP contribution in [0, 0.1) is 0 Å². The fraction of sp³-hybridized carbons (Fsp3) is 0.714. The summed E-state index contributed by atoms with van der Waals surface area (Å²) in [6.07, 6.45) is 0. The van der Waals surface area contributed by atoms with E-state index in [1.807, 2.05) is 11.8 Å². The van der Waals surface area contributed by atoms with Gasteiger partial charge in [0.1, 0.15) is 11.6 Å². The van der Waals surface area contributed by atoms with Gasteiger partial charge in [-0.2, -0.15) is 11.8 Å². The van der Waals surface area contributed by atoms with Crippen LogP contribution in [0.25, 0.3) is 0 Å². The predicted octanol–water partition coefficient (Wildman–Crippen LogP) is 2.75. The number of anilines is 1. The van der Waals surface area contributed by atoms with Crippen LogP contribution >= 0.6 is 11.8 Å². The quantitative estimate of drug-likeness (QED) is 0.918. The van der Waals surface area contributed by atoms with Crippen molar-refractivity contribution in [3.8, 4) is 0 Å². The van der Waals surface area contributed by atoms with Crippen LogP contribution in [0.15, 0.2) is 6.07 Å². The summed E-state index contributed by atoms with van der Waals surface area (Å²) in [7, 11) is 2.17. The number of aromatic nitrogens is 2. The van der Waals surface area contributed by atoms with Crippen molar-refractivity contribution in [3.63, 3.8) is 0 Å². The second-order valence-electron chi connectivity index (χ2n) is 5.29. The van der Waals surface area contributed by atoms with Gasteiger partial charge >= 0.3 is 0 Å². The zero-order valence-electron chi connectivity index (χ0n) is 12.3. The Labute approximate surface area is 120 Å². The summed E-state index contributed by atoms with van der Waals surface area (Å²) in [5.41, 5.74) is 1.13. The molecule has 1 N–H and O–H groups in total. The van der Waals surface area contributed by atoms with E-state index in [9.17, 15) is 0 Å². The van der Waals surface area contributed by atoms with Crippen LogP contribution in [0.4, 0.5) is 5.82 Å². The van der Waals surface area contributed by atoms with Crippen LogP contribution < -0.4 is 5.32 Å². The van der Waals surface area contributed by atoms with Crippen molar-refractivity contribution in [2.75, 3.05) is 37.0 Å². The Balaban J connectivity index is 2.31. The third kappa shape index (κ3) is 3.60. The average Bonchev–Trinajstić information content (AvgIpc) is 2.39. The number of nitrogens with one attached hydrogen (secondary N) is 1.